The molecule has 6 nitrogen and oxygen atoms in total. The summed E-state index contributed by atoms with van der Waals surface area (Å²) >= 11 is 0. The van der Waals surface area contributed by atoms with Crippen molar-refractivity contribution in [1.29, 1.82) is 0 Å². The molecule has 3 N–H and O–H groups in total. The van der Waals surface area contributed by atoms with Crippen LogP contribution < -0.4 is 10.6 Å². The average Bonchev–Trinajstić information content (AvgIpc) is 2.27. The Hall–Kier alpha value is -1.14. The van der Waals surface area contributed by atoms with Crippen LogP contribution in [0.4, 0.5) is 0 Å². The number of carbonyl (C=O) groups excluding carboxylic acids is 2. The standard InChI is InChI=1S/C11H22N2O4/c1-9(2)3-4-12-10(15)11(16)13-5-7-17-8-6-14/h9,14H,3-8H2,1-2H3,(H,12,15)(H,13,16). The number of ether oxygens (including phenoxy) is 1. The Bertz CT molecular complexity index is 232. The Morgan fingerprint density at radius 3 is 2.24 bits per heavy atom. The molecule has 0 unspecified atom stereocenters. The molecule has 0 spiro atoms. The number of hydrogen-bond acceptors (Lipinski definition) is 4. The number of aliphatic hydroxyl groups excluding tert-OH is 1. The normalized spacial score (nSPS) is 10.4. The molecule has 0 aromatic carbocycles. The van der Waals surface area contributed by atoms with E-state index in [1.807, 2.05) is 13.8 Å². The van der Waals surface area contributed by atoms with E-state index in [1.54, 1.807) is 0 Å². The largest absolute Gasteiger partial charge is 0.394 e. The summed E-state index contributed by atoms with van der Waals surface area (Å²) in [5, 5.41) is 13.4. The van der Waals surface area contributed by atoms with Gasteiger partial charge in [0.25, 0.3) is 0 Å². The first-order chi connectivity index (χ1) is 8.07. The van der Waals surface area contributed by atoms with Gasteiger partial charge in [0, 0.05) is 13.1 Å². The summed E-state index contributed by atoms with van der Waals surface area (Å²) in [6.45, 7) is 5.32. The topological polar surface area (TPSA) is 87.7 Å². The third kappa shape index (κ3) is 9.77. The van der Waals surface area contributed by atoms with E-state index in [-0.39, 0.29) is 26.4 Å². The maximum Gasteiger partial charge on any atom is 0.309 e. The summed E-state index contributed by atoms with van der Waals surface area (Å²) in [5.41, 5.74) is 0. The van der Waals surface area contributed by atoms with E-state index in [1.165, 1.54) is 0 Å². The van der Waals surface area contributed by atoms with Crippen LogP contribution in [0.2, 0.25) is 0 Å². The van der Waals surface area contributed by atoms with E-state index in [2.05, 4.69) is 10.6 Å². The highest BCUT2D eigenvalue weighted by Gasteiger charge is 2.11. The first kappa shape index (κ1) is 15.9. The van der Waals surface area contributed by atoms with Gasteiger partial charge in [-0.15, -0.1) is 0 Å². The van der Waals surface area contributed by atoms with Gasteiger partial charge in [0.1, 0.15) is 0 Å². The smallest absolute Gasteiger partial charge is 0.309 e. The fourth-order valence-corrected chi connectivity index (χ4v) is 1.04. The molecule has 100 valence electrons. The number of aliphatic hydroxyl groups is 1. The fraction of sp³-hybridized carbons (Fsp3) is 0.818. The maximum atomic E-state index is 11.2. The SMILES string of the molecule is CC(C)CCNC(=O)C(=O)NCCOCCO. The molecule has 0 aliphatic heterocycles. The second-order valence-corrected chi connectivity index (χ2v) is 4.03. The molecule has 0 radical (unpaired) electrons. The van der Waals surface area contributed by atoms with Gasteiger partial charge in [-0.1, -0.05) is 13.8 Å². The minimum absolute atomic E-state index is 0.0519. The minimum Gasteiger partial charge on any atom is -0.394 e. The van der Waals surface area contributed by atoms with E-state index >= 15 is 0 Å². The lowest BCUT2D eigenvalue weighted by atomic mass is 10.1. The molecule has 0 aromatic heterocycles. The van der Waals surface area contributed by atoms with Crippen LogP contribution in [0, 0.1) is 5.92 Å². The molecule has 0 fully saturated rings. The number of hydrogen-bond donors (Lipinski definition) is 3. The van der Waals surface area contributed by atoms with Crippen LogP contribution in [0.1, 0.15) is 20.3 Å². The van der Waals surface area contributed by atoms with Crippen molar-refractivity contribution < 1.29 is 19.4 Å². The monoisotopic (exact) mass is 246 g/mol. The Labute approximate surface area is 102 Å². The van der Waals surface area contributed by atoms with Crippen LogP contribution in [0.25, 0.3) is 0 Å². The zero-order valence-electron chi connectivity index (χ0n) is 10.5. The van der Waals surface area contributed by atoms with Crippen molar-refractivity contribution in [3.63, 3.8) is 0 Å². The van der Waals surface area contributed by atoms with E-state index in [0.29, 0.717) is 12.5 Å². The molecule has 0 aliphatic carbocycles. The molecule has 2 amide bonds. The molecule has 0 atom stereocenters. The Kier molecular flexibility index (Phi) is 9.37. The van der Waals surface area contributed by atoms with Gasteiger partial charge in [-0.25, -0.2) is 0 Å². The Morgan fingerprint density at radius 2 is 1.71 bits per heavy atom. The predicted octanol–water partition coefficient (Wildman–Crippen LogP) is -0.726. The molecular weight excluding hydrogens is 224 g/mol. The van der Waals surface area contributed by atoms with Crippen LogP contribution in [0.5, 0.6) is 0 Å². The highest BCUT2D eigenvalue weighted by atomic mass is 16.5. The van der Waals surface area contributed by atoms with Crippen LogP contribution in [0.3, 0.4) is 0 Å². The summed E-state index contributed by atoms with van der Waals surface area (Å²) in [7, 11) is 0. The van der Waals surface area contributed by atoms with Crippen molar-refractivity contribution in [3.8, 4) is 0 Å². The quantitative estimate of drug-likeness (QED) is 0.389. The van der Waals surface area contributed by atoms with Crippen molar-refractivity contribution in [1.82, 2.24) is 10.6 Å². The summed E-state index contributed by atoms with van der Waals surface area (Å²) in [6, 6.07) is 0. The third-order valence-electron chi connectivity index (χ3n) is 1.98. The molecule has 6 heteroatoms. The molecule has 17 heavy (non-hydrogen) atoms. The number of amides is 2. The van der Waals surface area contributed by atoms with Gasteiger partial charge < -0.3 is 20.5 Å². The van der Waals surface area contributed by atoms with Gasteiger partial charge in [0.2, 0.25) is 0 Å². The molecule has 0 heterocycles. The van der Waals surface area contributed by atoms with E-state index in [4.69, 9.17) is 9.84 Å². The average molecular weight is 246 g/mol. The van der Waals surface area contributed by atoms with Crippen molar-refractivity contribution in [2.75, 3.05) is 32.9 Å². The second kappa shape index (κ2) is 10.0. The summed E-state index contributed by atoms with van der Waals surface area (Å²) in [6.07, 6.45) is 0.846. The van der Waals surface area contributed by atoms with E-state index in [0.717, 1.165) is 6.42 Å². The van der Waals surface area contributed by atoms with E-state index in [9.17, 15) is 9.59 Å². The van der Waals surface area contributed by atoms with Gasteiger partial charge in [0.05, 0.1) is 19.8 Å². The van der Waals surface area contributed by atoms with Gasteiger partial charge in [-0.3, -0.25) is 9.59 Å². The molecule has 0 aliphatic rings. The predicted molar refractivity (Wildman–Crippen MR) is 63.4 cm³/mol. The molecular formula is C11H22N2O4. The molecule has 0 aromatic rings. The molecule has 0 saturated heterocycles. The van der Waals surface area contributed by atoms with Crippen LogP contribution in [-0.4, -0.2) is 49.8 Å². The van der Waals surface area contributed by atoms with Crippen LogP contribution >= 0.6 is 0 Å². The number of nitrogens with one attached hydrogen (secondary N) is 2. The lowest BCUT2D eigenvalue weighted by Crippen LogP contribution is -2.41. The van der Waals surface area contributed by atoms with Crippen molar-refractivity contribution in [2.45, 2.75) is 20.3 Å². The lowest BCUT2D eigenvalue weighted by Gasteiger charge is -2.07. The summed E-state index contributed by atoms with van der Waals surface area (Å²) in [4.78, 5) is 22.5. The second-order valence-electron chi connectivity index (χ2n) is 4.03. The van der Waals surface area contributed by atoms with Gasteiger partial charge >= 0.3 is 11.8 Å². The number of carbonyl (C=O) groups is 2. The lowest BCUT2D eigenvalue weighted by molar-refractivity contribution is -0.139. The number of rotatable bonds is 8. The van der Waals surface area contributed by atoms with Crippen LogP contribution in [-0.2, 0) is 14.3 Å². The zero-order chi connectivity index (χ0) is 13.1. The summed E-state index contributed by atoms with van der Waals surface area (Å²) < 4.78 is 4.93. The van der Waals surface area contributed by atoms with Gasteiger partial charge in [0.15, 0.2) is 0 Å². The summed E-state index contributed by atoms with van der Waals surface area (Å²) in [5.74, 6) is -0.778. The van der Waals surface area contributed by atoms with Crippen molar-refractivity contribution in [2.24, 2.45) is 5.92 Å². The Morgan fingerprint density at radius 1 is 1.12 bits per heavy atom. The van der Waals surface area contributed by atoms with Gasteiger partial charge in [-0.05, 0) is 12.3 Å². The molecule has 0 bridgehead atoms. The minimum atomic E-state index is -0.652. The zero-order valence-corrected chi connectivity index (χ0v) is 10.5. The fourth-order valence-electron chi connectivity index (χ4n) is 1.04. The molecule has 0 rings (SSSR count). The van der Waals surface area contributed by atoms with Crippen molar-refractivity contribution in [3.05, 3.63) is 0 Å². The molecule has 0 saturated carbocycles. The third-order valence-corrected chi connectivity index (χ3v) is 1.98. The van der Waals surface area contributed by atoms with Crippen LogP contribution in [0.15, 0.2) is 0 Å². The first-order valence-corrected chi connectivity index (χ1v) is 5.82. The first-order valence-electron chi connectivity index (χ1n) is 5.82. The van der Waals surface area contributed by atoms with Crippen molar-refractivity contribution >= 4 is 11.8 Å². The maximum absolute atomic E-state index is 11.2. The van der Waals surface area contributed by atoms with E-state index < -0.39 is 11.8 Å². The highest BCUT2D eigenvalue weighted by molar-refractivity contribution is 6.35. The highest BCUT2D eigenvalue weighted by Crippen LogP contribution is 1.95. The Balaban J connectivity index is 3.51. The van der Waals surface area contributed by atoms with Gasteiger partial charge in [-0.2, -0.15) is 0 Å².